The number of rotatable bonds is 9. The highest BCUT2D eigenvalue weighted by Crippen LogP contribution is 2.00. The van der Waals surface area contributed by atoms with E-state index in [0.29, 0.717) is 6.54 Å². The lowest BCUT2D eigenvalue weighted by molar-refractivity contribution is 0.281. The molecular weight excluding hydrogens is 232 g/mol. The molecule has 0 aliphatic heterocycles. The molecule has 1 aromatic heterocycles. The van der Waals surface area contributed by atoms with Crippen molar-refractivity contribution < 1.29 is 5.11 Å². The van der Waals surface area contributed by atoms with Gasteiger partial charge in [0.05, 0.1) is 11.9 Å². The van der Waals surface area contributed by atoms with Crippen LogP contribution in [0.3, 0.4) is 0 Å². The van der Waals surface area contributed by atoms with Gasteiger partial charge in [0.15, 0.2) is 0 Å². The van der Waals surface area contributed by atoms with Crippen LogP contribution in [0.1, 0.15) is 19.3 Å². The zero-order valence-electron chi connectivity index (χ0n) is 10.9. The summed E-state index contributed by atoms with van der Waals surface area (Å²) >= 11 is 0. The first kappa shape index (κ1) is 14.7. The molecule has 0 aliphatic carbocycles. The Balaban J connectivity index is 2.44. The average Bonchev–Trinajstić information content (AvgIpc) is 2.37. The first-order valence-corrected chi connectivity index (χ1v) is 6.34. The van der Waals surface area contributed by atoms with Crippen LogP contribution in [0.4, 0.5) is 5.69 Å². The van der Waals surface area contributed by atoms with E-state index in [9.17, 15) is 4.79 Å². The molecule has 0 amide bonds. The zero-order chi connectivity index (χ0) is 13.2. The van der Waals surface area contributed by atoms with Gasteiger partial charge in [-0.1, -0.05) is 0 Å². The van der Waals surface area contributed by atoms with Crippen LogP contribution in [-0.2, 0) is 6.54 Å². The molecule has 18 heavy (non-hydrogen) atoms. The van der Waals surface area contributed by atoms with E-state index in [2.05, 4.69) is 15.7 Å². The van der Waals surface area contributed by atoms with Crippen molar-refractivity contribution >= 4 is 5.69 Å². The lowest BCUT2D eigenvalue weighted by atomic mass is 10.2. The summed E-state index contributed by atoms with van der Waals surface area (Å²) in [7, 11) is 1.88. The third kappa shape index (κ3) is 5.29. The minimum atomic E-state index is -0.0894. The summed E-state index contributed by atoms with van der Waals surface area (Å²) in [6.07, 6.45) is 4.22. The lowest BCUT2D eigenvalue weighted by Crippen LogP contribution is -2.24. The highest BCUT2D eigenvalue weighted by atomic mass is 16.2. The Morgan fingerprint density at radius 3 is 2.83 bits per heavy atom. The number of anilines is 1. The molecule has 3 N–H and O–H groups in total. The van der Waals surface area contributed by atoms with E-state index < -0.39 is 0 Å². The number of likely N-dealkylation sites (N-methyl/N-ethyl adjacent to an activating group) is 1. The molecule has 0 saturated heterocycles. The summed E-state index contributed by atoms with van der Waals surface area (Å²) in [5, 5.41) is 18.9. The van der Waals surface area contributed by atoms with Gasteiger partial charge in [0.2, 0.25) is 0 Å². The monoisotopic (exact) mass is 254 g/mol. The molecule has 0 spiro atoms. The van der Waals surface area contributed by atoms with Crippen LogP contribution in [0.25, 0.3) is 0 Å². The highest BCUT2D eigenvalue weighted by Gasteiger charge is 1.99. The van der Waals surface area contributed by atoms with Gasteiger partial charge in [-0.25, -0.2) is 4.68 Å². The van der Waals surface area contributed by atoms with E-state index in [1.165, 1.54) is 4.68 Å². The molecular formula is C12H22N4O2. The molecule has 0 saturated carbocycles. The number of hydrogen-bond acceptors (Lipinski definition) is 5. The van der Waals surface area contributed by atoms with Gasteiger partial charge in [-0.2, -0.15) is 5.10 Å². The van der Waals surface area contributed by atoms with E-state index in [-0.39, 0.29) is 12.2 Å². The van der Waals surface area contributed by atoms with Crippen molar-refractivity contribution in [2.75, 3.05) is 32.1 Å². The van der Waals surface area contributed by atoms with E-state index in [1.807, 2.05) is 7.05 Å². The van der Waals surface area contributed by atoms with E-state index in [4.69, 9.17) is 5.11 Å². The number of hydrogen-bond donors (Lipinski definition) is 3. The Labute approximate surface area is 107 Å². The fraction of sp³-hybridized carbons (Fsp3) is 0.667. The average molecular weight is 254 g/mol. The number of unbranched alkanes of at least 4 members (excludes halogenated alkanes) is 2. The van der Waals surface area contributed by atoms with Crippen LogP contribution in [0.15, 0.2) is 17.1 Å². The topological polar surface area (TPSA) is 79.2 Å². The number of nitrogens with zero attached hydrogens (tertiary/aromatic N) is 2. The Morgan fingerprint density at radius 1 is 1.33 bits per heavy atom. The largest absolute Gasteiger partial charge is 0.396 e. The molecule has 102 valence electrons. The summed E-state index contributed by atoms with van der Waals surface area (Å²) in [5.74, 6) is 0. The fourth-order valence-corrected chi connectivity index (χ4v) is 1.58. The van der Waals surface area contributed by atoms with E-state index in [1.54, 1.807) is 12.3 Å². The van der Waals surface area contributed by atoms with Crippen LogP contribution < -0.4 is 16.2 Å². The van der Waals surface area contributed by atoms with Gasteiger partial charge in [0.1, 0.15) is 0 Å². The predicted molar refractivity (Wildman–Crippen MR) is 71.9 cm³/mol. The second kappa shape index (κ2) is 8.66. The molecule has 0 fully saturated rings. The second-order valence-electron chi connectivity index (χ2n) is 4.12. The smallest absolute Gasteiger partial charge is 0.268 e. The fourth-order valence-electron chi connectivity index (χ4n) is 1.58. The summed E-state index contributed by atoms with van der Waals surface area (Å²) in [5.41, 5.74) is 0.662. The molecule has 0 unspecified atom stereocenters. The summed E-state index contributed by atoms with van der Waals surface area (Å²) in [6, 6.07) is 1.56. The first-order valence-electron chi connectivity index (χ1n) is 6.34. The predicted octanol–water partition coefficient (Wildman–Crippen LogP) is 0.0372. The van der Waals surface area contributed by atoms with E-state index in [0.717, 1.165) is 38.0 Å². The van der Waals surface area contributed by atoms with Gasteiger partial charge in [0, 0.05) is 32.3 Å². The van der Waals surface area contributed by atoms with Gasteiger partial charge in [-0.15, -0.1) is 0 Å². The number of aromatic nitrogens is 2. The molecule has 1 aromatic rings. The standard InChI is InChI=1S/C12H22N4O2/c1-13-5-6-14-11-9-12(18)16(15-10-11)7-3-2-4-8-17/h9-10,13-14,17H,2-8H2,1H3. The maximum Gasteiger partial charge on any atom is 0.268 e. The Hall–Kier alpha value is -1.40. The van der Waals surface area contributed by atoms with Crippen molar-refractivity contribution in [3.63, 3.8) is 0 Å². The maximum absolute atomic E-state index is 11.7. The first-order chi connectivity index (χ1) is 8.77. The van der Waals surface area contributed by atoms with Crippen LogP contribution >= 0.6 is 0 Å². The molecule has 0 aromatic carbocycles. The number of aliphatic hydroxyl groups excluding tert-OH is 1. The van der Waals surface area contributed by atoms with Crippen molar-refractivity contribution in [2.45, 2.75) is 25.8 Å². The molecule has 0 radical (unpaired) electrons. The van der Waals surface area contributed by atoms with Crippen LogP contribution in [0, 0.1) is 0 Å². The maximum atomic E-state index is 11.7. The third-order valence-corrected chi connectivity index (χ3v) is 2.60. The SMILES string of the molecule is CNCCNc1cnn(CCCCCO)c(=O)c1. The molecule has 6 heteroatoms. The number of nitrogens with one attached hydrogen (secondary N) is 2. The van der Waals surface area contributed by atoms with Gasteiger partial charge in [-0.05, 0) is 26.3 Å². The Kier molecular flexibility index (Phi) is 7.05. The van der Waals surface area contributed by atoms with Crippen LogP contribution in [-0.4, -0.2) is 41.6 Å². The summed E-state index contributed by atoms with van der Waals surface area (Å²) < 4.78 is 1.46. The zero-order valence-corrected chi connectivity index (χ0v) is 10.9. The minimum absolute atomic E-state index is 0.0894. The van der Waals surface area contributed by atoms with Gasteiger partial charge >= 0.3 is 0 Å². The quantitative estimate of drug-likeness (QED) is 0.542. The normalized spacial score (nSPS) is 10.6. The van der Waals surface area contributed by atoms with Gasteiger partial charge < -0.3 is 15.7 Å². The molecule has 0 atom stereocenters. The van der Waals surface area contributed by atoms with Gasteiger partial charge in [0.25, 0.3) is 5.56 Å². The summed E-state index contributed by atoms with van der Waals surface area (Å²) in [4.78, 5) is 11.7. The summed E-state index contributed by atoms with van der Waals surface area (Å²) in [6.45, 7) is 2.41. The van der Waals surface area contributed by atoms with Crippen molar-refractivity contribution in [1.82, 2.24) is 15.1 Å². The van der Waals surface area contributed by atoms with E-state index >= 15 is 0 Å². The van der Waals surface area contributed by atoms with Crippen LogP contribution in [0.5, 0.6) is 0 Å². The molecule has 0 bridgehead atoms. The Bertz CT molecular complexity index is 392. The molecule has 6 nitrogen and oxygen atoms in total. The van der Waals surface area contributed by atoms with Crippen molar-refractivity contribution in [2.24, 2.45) is 0 Å². The Morgan fingerprint density at radius 2 is 2.17 bits per heavy atom. The van der Waals surface area contributed by atoms with Crippen LogP contribution in [0.2, 0.25) is 0 Å². The highest BCUT2D eigenvalue weighted by molar-refractivity contribution is 5.38. The van der Waals surface area contributed by atoms with Crippen molar-refractivity contribution in [3.8, 4) is 0 Å². The number of aryl methyl sites for hydroxylation is 1. The molecule has 0 aliphatic rings. The van der Waals surface area contributed by atoms with Gasteiger partial charge in [-0.3, -0.25) is 4.79 Å². The minimum Gasteiger partial charge on any atom is -0.396 e. The molecule has 1 rings (SSSR count). The lowest BCUT2D eigenvalue weighted by Gasteiger charge is -2.07. The second-order valence-corrected chi connectivity index (χ2v) is 4.12. The number of aliphatic hydroxyl groups is 1. The van der Waals surface area contributed by atoms with Crippen molar-refractivity contribution in [1.29, 1.82) is 0 Å². The van der Waals surface area contributed by atoms with Crippen molar-refractivity contribution in [3.05, 3.63) is 22.6 Å². The third-order valence-electron chi connectivity index (χ3n) is 2.60. The molecule has 1 heterocycles.